The summed E-state index contributed by atoms with van der Waals surface area (Å²) in [5.41, 5.74) is 2.35. The van der Waals surface area contributed by atoms with E-state index in [0.717, 1.165) is 37.2 Å². The average Bonchev–Trinajstić information content (AvgIpc) is 3.43. The number of nitrogens with zero attached hydrogens (tertiary/aromatic N) is 6. The molecule has 28 heavy (non-hydrogen) atoms. The van der Waals surface area contributed by atoms with Crippen LogP contribution in [-0.4, -0.2) is 38.1 Å². The Labute approximate surface area is 163 Å². The Bertz CT molecular complexity index is 1030. The van der Waals surface area contributed by atoms with Crippen LogP contribution >= 0.6 is 0 Å². The Balaban J connectivity index is 1.42. The highest BCUT2D eigenvalue weighted by Crippen LogP contribution is 2.50. The molecule has 2 aromatic heterocycles. The van der Waals surface area contributed by atoms with Crippen molar-refractivity contribution in [3.8, 4) is 17.6 Å². The molecule has 2 atom stereocenters. The second-order valence-corrected chi connectivity index (χ2v) is 7.70. The molecule has 1 saturated carbocycles. The number of fused-ring (bicyclic) bond motifs is 1. The summed E-state index contributed by atoms with van der Waals surface area (Å²) in [4.78, 5) is 15.5. The van der Waals surface area contributed by atoms with Crippen LogP contribution in [0.1, 0.15) is 36.3 Å². The molecule has 1 aliphatic heterocycles. The fraction of sp³-hybridized carbons (Fsp3) is 0.381. The third kappa shape index (κ3) is 2.77. The van der Waals surface area contributed by atoms with Crippen LogP contribution < -0.4 is 0 Å². The van der Waals surface area contributed by atoms with Gasteiger partial charge in [0.05, 0.1) is 23.2 Å². The van der Waals surface area contributed by atoms with Gasteiger partial charge in [-0.15, -0.1) is 0 Å². The summed E-state index contributed by atoms with van der Waals surface area (Å²) in [6.07, 6.45) is 8.31. The van der Waals surface area contributed by atoms with Gasteiger partial charge in [-0.1, -0.05) is 29.8 Å². The number of likely N-dealkylation sites (tertiary alicyclic amines) is 1. The minimum Gasteiger partial charge on any atom is -0.338 e. The smallest absolute Gasteiger partial charge is 0.234 e. The molecule has 5 rings (SSSR count). The second kappa shape index (κ2) is 6.80. The third-order valence-corrected chi connectivity index (χ3v) is 6.12. The molecule has 140 valence electrons. The summed E-state index contributed by atoms with van der Waals surface area (Å²) in [6.45, 7) is 2.63. The molecule has 7 nitrogen and oxygen atoms in total. The van der Waals surface area contributed by atoms with Crippen molar-refractivity contribution in [2.45, 2.75) is 31.2 Å². The van der Waals surface area contributed by atoms with E-state index in [1.165, 1.54) is 12.8 Å². The van der Waals surface area contributed by atoms with Gasteiger partial charge in [-0.2, -0.15) is 10.2 Å². The molecule has 1 aliphatic carbocycles. The zero-order valence-corrected chi connectivity index (χ0v) is 15.5. The van der Waals surface area contributed by atoms with Gasteiger partial charge < -0.3 is 4.52 Å². The highest BCUT2D eigenvalue weighted by Gasteiger charge is 2.54. The van der Waals surface area contributed by atoms with E-state index in [0.29, 0.717) is 23.3 Å². The molecule has 0 spiro atoms. The second-order valence-electron chi connectivity index (χ2n) is 7.70. The Morgan fingerprint density at radius 3 is 3.07 bits per heavy atom. The van der Waals surface area contributed by atoms with Crippen molar-refractivity contribution in [1.29, 1.82) is 5.26 Å². The van der Waals surface area contributed by atoms with Crippen LogP contribution in [0.2, 0.25) is 0 Å². The highest BCUT2D eigenvalue weighted by atomic mass is 16.5. The van der Waals surface area contributed by atoms with Crippen LogP contribution in [0.25, 0.3) is 11.5 Å². The first kappa shape index (κ1) is 17.0. The first-order valence-corrected chi connectivity index (χ1v) is 9.59. The lowest BCUT2D eigenvalue weighted by Crippen LogP contribution is -2.32. The number of aromatic nitrogens is 4. The van der Waals surface area contributed by atoms with Gasteiger partial charge in [-0.05, 0) is 30.4 Å². The minimum atomic E-state index is -0.102. The molecule has 0 amide bonds. The van der Waals surface area contributed by atoms with Gasteiger partial charge >= 0.3 is 0 Å². The lowest BCUT2D eigenvalue weighted by atomic mass is 9.80. The molecule has 1 aromatic carbocycles. The molecule has 0 N–H and O–H groups in total. The maximum atomic E-state index is 9.38. The topological polar surface area (TPSA) is 91.7 Å². The van der Waals surface area contributed by atoms with E-state index < -0.39 is 0 Å². The van der Waals surface area contributed by atoms with Crippen molar-refractivity contribution < 1.29 is 4.52 Å². The lowest BCUT2D eigenvalue weighted by Gasteiger charge is -2.24. The Hall–Kier alpha value is -3.11. The predicted octanol–water partition coefficient (Wildman–Crippen LogP) is 2.95. The Morgan fingerprint density at radius 2 is 2.21 bits per heavy atom. The molecule has 2 aliphatic rings. The molecule has 3 aromatic rings. The standard InChI is InChI=1S/C21H20N6O/c22-10-15-4-1-2-5-16(15)12-27-13-17-6-3-7-21(17,14-27)20-25-19(26-28-20)18-11-23-8-9-24-18/h1-2,4-5,8-9,11,17H,3,6-7,12-14H2/t17-,21-/m1/s1. The average molecular weight is 372 g/mol. The zero-order valence-electron chi connectivity index (χ0n) is 15.5. The van der Waals surface area contributed by atoms with Crippen molar-refractivity contribution in [3.05, 3.63) is 59.9 Å². The van der Waals surface area contributed by atoms with Crippen molar-refractivity contribution in [2.24, 2.45) is 5.92 Å². The number of benzene rings is 1. The number of hydrogen-bond acceptors (Lipinski definition) is 7. The van der Waals surface area contributed by atoms with Gasteiger partial charge in [0.25, 0.3) is 0 Å². The van der Waals surface area contributed by atoms with Crippen LogP contribution in [0, 0.1) is 17.2 Å². The molecule has 2 fully saturated rings. The maximum absolute atomic E-state index is 9.38. The van der Waals surface area contributed by atoms with Gasteiger partial charge in [0.15, 0.2) is 0 Å². The molecule has 3 heterocycles. The van der Waals surface area contributed by atoms with Crippen LogP contribution in [0.4, 0.5) is 0 Å². The van der Waals surface area contributed by atoms with Gasteiger partial charge in [-0.3, -0.25) is 9.88 Å². The van der Waals surface area contributed by atoms with E-state index in [1.54, 1.807) is 18.6 Å². The van der Waals surface area contributed by atoms with E-state index >= 15 is 0 Å². The van der Waals surface area contributed by atoms with E-state index in [9.17, 15) is 5.26 Å². The van der Waals surface area contributed by atoms with Crippen molar-refractivity contribution in [2.75, 3.05) is 13.1 Å². The predicted molar refractivity (Wildman–Crippen MR) is 101 cm³/mol. The highest BCUT2D eigenvalue weighted by molar-refractivity contribution is 5.46. The van der Waals surface area contributed by atoms with Crippen LogP contribution in [-0.2, 0) is 12.0 Å². The molecular weight excluding hydrogens is 352 g/mol. The van der Waals surface area contributed by atoms with Gasteiger partial charge in [0, 0.05) is 32.0 Å². The Kier molecular flexibility index (Phi) is 4.14. The first-order valence-electron chi connectivity index (χ1n) is 9.59. The van der Waals surface area contributed by atoms with E-state index in [-0.39, 0.29) is 5.41 Å². The van der Waals surface area contributed by atoms with E-state index in [4.69, 9.17) is 9.51 Å². The van der Waals surface area contributed by atoms with Crippen molar-refractivity contribution in [3.63, 3.8) is 0 Å². The normalized spacial score (nSPS) is 24.2. The third-order valence-electron chi connectivity index (χ3n) is 6.12. The summed E-state index contributed by atoms with van der Waals surface area (Å²) in [5.74, 6) is 1.71. The Morgan fingerprint density at radius 1 is 1.29 bits per heavy atom. The monoisotopic (exact) mass is 372 g/mol. The largest absolute Gasteiger partial charge is 0.338 e. The molecule has 0 unspecified atom stereocenters. The number of hydrogen-bond donors (Lipinski definition) is 0. The van der Waals surface area contributed by atoms with E-state index in [2.05, 4.69) is 26.1 Å². The minimum absolute atomic E-state index is 0.102. The first-order chi connectivity index (χ1) is 13.8. The quantitative estimate of drug-likeness (QED) is 0.695. The number of nitriles is 1. The molecule has 1 saturated heterocycles. The van der Waals surface area contributed by atoms with Crippen molar-refractivity contribution >= 4 is 0 Å². The summed E-state index contributed by atoms with van der Waals surface area (Å²) in [5, 5.41) is 13.6. The van der Waals surface area contributed by atoms with Gasteiger partial charge in [-0.25, -0.2) is 4.98 Å². The van der Waals surface area contributed by atoms with E-state index in [1.807, 2.05) is 24.3 Å². The summed E-state index contributed by atoms with van der Waals surface area (Å²) < 4.78 is 5.74. The zero-order chi connectivity index (χ0) is 19.0. The summed E-state index contributed by atoms with van der Waals surface area (Å²) in [6, 6.07) is 10.1. The lowest BCUT2D eigenvalue weighted by molar-refractivity contribution is 0.245. The summed E-state index contributed by atoms with van der Waals surface area (Å²) in [7, 11) is 0. The van der Waals surface area contributed by atoms with Crippen LogP contribution in [0.15, 0.2) is 47.4 Å². The number of rotatable bonds is 4. The van der Waals surface area contributed by atoms with Gasteiger partial charge in [0.1, 0.15) is 5.69 Å². The molecule has 0 radical (unpaired) electrons. The van der Waals surface area contributed by atoms with Crippen molar-refractivity contribution in [1.82, 2.24) is 25.0 Å². The molecule has 0 bridgehead atoms. The molecule has 7 heteroatoms. The fourth-order valence-corrected chi connectivity index (χ4v) is 4.82. The van der Waals surface area contributed by atoms with Crippen LogP contribution in [0.5, 0.6) is 0 Å². The summed E-state index contributed by atoms with van der Waals surface area (Å²) >= 11 is 0. The molecular formula is C21H20N6O. The maximum Gasteiger partial charge on any atom is 0.234 e. The SMILES string of the molecule is N#Cc1ccccc1CN1C[C@H]2CCC[C@@]2(c2nc(-c3cnccn3)no2)C1. The van der Waals surface area contributed by atoms with Crippen LogP contribution in [0.3, 0.4) is 0 Å². The fourth-order valence-electron chi connectivity index (χ4n) is 4.82. The van der Waals surface area contributed by atoms with Gasteiger partial charge in [0.2, 0.25) is 11.7 Å².